The fraction of sp³-hybridized carbons (Fsp3) is 0.333. The van der Waals surface area contributed by atoms with Crippen LogP contribution in [0.4, 0.5) is 0 Å². The molecule has 0 saturated carbocycles. The van der Waals surface area contributed by atoms with E-state index in [2.05, 4.69) is 15.2 Å². The van der Waals surface area contributed by atoms with Gasteiger partial charge in [-0.15, -0.1) is 0 Å². The summed E-state index contributed by atoms with van der Waals surface area (Å²) in [7, 11) is 0. The Labute approximate surface area is 112 Å². The van der Waals surface area contributed by atoms with Gasteiger partial charge in [-0.2, -0.15) is 0 Å². The van der Waals surface area contributed by atoms with Crippen LogP contribution in [-0.2, 0) is 0 Å². The number of piperazine rings is 1. The molecule has 0 atom stereocenters. The molecule has 0 bridgehead atoms. The molecule has 1 aromatic heterocycles. The van der Waals surface area contributed by atoms with Crippen LogP contribution in [0.15, 0.2) is 36.7 Å². The van der Waals surface area contributed by atoms with Crippen molar-refractivity contribution in [2.24, 2.45) is 0 Å². The van der Waals surface area contributed by atoms with Crippen molar-refractivity contribution in [2.45, 2.75) is 0 Å². The van der Waals surface area contributed by atoms with Gasteiger partial charge in [0.25, 0.3) is 0 Å². The first-order valence-corrected chi connectivity index (χ1v) is 6.63. The first kappa shape index (κ1) is 12.3. The summed E-state index contributed by atoms with van der Waals surface area (Å²) in [6.45, 7) is 4.32. The lowest BCUT2D eigenvalue weighted by Crippen LogP contribution is -2.45. The summed E-state index contributed by atoms with van der Waals surface area (Å²) >= 11 is 0. The second-order valence-electron chi connectivity index (χ2n) is 4.85. The number of carbonyl (C=O) groups is 1. The zero-order chi connectivity index (χ0) is 13.1. The Kier molecular flexibility index (Phi) is 3.53. The van der Waals surface area contributed by atoms with Crippen LogP contribution in [0.5, 0.6) is 0 Å². The molecule has 98 valence electrons. The van der Waals surface area contributed by atoms with Crippen molar-refractivity contribution in [3.63, 3.8) is 0 Å². The highest BCUT2D eigenvalue weighted by atomic mass is 16.1. The standard InChI is InChI=1S/C15H17N3O/c19-15(11-18-8-6-16-7-9-18)14-3-1-2-12-10-17-5-4-13(12)14/h1-5,10,16H,6-9,11H2. The summed E-state index contributed by atoms with van der Waals surface area (Å²) in [6, 6.07) is 7.74. The minimum atomic E-state index is 0.193. The lowest BCUT2D eigenvalue weighted by Gasteiger charge is -2.26. The first-order chi connectivity index (χ1) is 9.34. The van der Waals surface area contributed by atoms with Crippen molar-refractivity contribution in [2.75, 3.05) is 32.7 Å². The molecule has 0 aliphatic carbocycles. The van der Waals surface area contributed by atoms with Gasteiger partial charge in [0.1, 0.15) is 0 Å². The molecule has 2 aromatic rings. The van der Waals surface area contributed by atoms with E-state index in [0.29, 0.717) is 6.54 Å². The number of hydrogen-bond donors (Lipinski definition) is 1. The number of Topliss-reactive ketones (excluding diaryl/α,β-unsaturated/α-hetero) is 1. The molecule has 4 heteroatoms. The number of nitrogens with one attached hydrogen (secondary N) is 1. The molecule has 1 saturated heterocycles. The Hall–Kier alpha value is -1.78. The molecule has 0 amide bonds. The molecular formula is C15H17N3O. The summed E-state index contributed by atoms with van der Waals surface area (Å²) in [5, 5.41) is 5.32. The van der Waals surface area contributed by atoms with E-state index in [1.807, 2.05) is 24.3 Å². The van der Waals surface area contributed by atoms with E-state index in [1.54, 1.807) is 12.4 Å². The van der Waals surface area contributed by atoms with Gasteiger partial charge < -0.3 is 5.32 Å². The number of hydrogen-bond acceptors (Lipinski definition) is 4. The lowest BCUT2D eigenvalue weighted by molar-refractivity contribution is 0.0923. The van der Waals surface area contributed by atoms with Crippen LogP contribution in [0.3, 0.4) is 0 Å². The molecular weight excluding hydrogens is 238 g/mol. The second kappa shape index (κ2) is 5.47. The van der Waals surface area contributed by atoms with Crippen molar-refractivity contribution >= 4 is 16.6 Å². The largest absolute Gasteiger partial charge is 0.314 e. The van der Waals surface area contributed by atoms with E-state index in [1.165, 1.54) is 0 Å². The van der Waals surface area contributed by atoms with E-state index < -0.39 is 0 Å². The molecule has 0 spiro atoms. The van der Waals surface area contributed by atoms with Crippen LogP contribution >= 0.6 is 0 Å². The van der Waals surface area contributed by atoms with Crippen LogP contribution in [0, 0.1) is 0 Å². The Morgan fingerprint density at radius 2 is 2.11 bits per heavy atom. The minimum absolute atomic E-state index is 0.193. The van der Waals surface area contributed by atoms with E-state index in [4.69, 9.17) is 0 Å². The van der Waals surface area contributed by atoms with Gasteiger partial charge >= 0.3 is 0 Å². The highest BCUT2D eigenvalue weighted by Gasteiger charge is 2.16. The van der Waals surface area contributed by atoms with Gasteiger partial charge in [0.15, 0.2) is 5.78 Å². The van der Waals surface area contributed by atoms with Gasteiger partial charge in [-0.3, -0.25) is 14.7 Å². The topological polar surface area (TPSA) is 45.2 Å². The molecule has 1 aliphatic rings. The zero-order valence-electron chi connectivity index (χ0n) is 10.8. The molecule has 0 unspecified atom stereocenters. The average Bonchev–Trinajstić information content (AvgIpc) is 2.47. The third-order valence-corrected chi connectivity index (χ3v) is 3.56. The summed E-state index contributed by atoms with van der Waals surface area (Å²) < 4.78 is 0. The Balaban J connectivity index is 1.85. The number of carbonyl (C=O) groups excluding carboxylic acids is 1. The van der Waals surface area contributed by atoms with E-state index in [-0.39, 0.29) is 5.78 Å². The quantitative estimate of drug-likeness (QED) is 0.840. The molecule has 2 heterocycles. The summed E-state index contributed by atoms with van der Waals surface area (Å²) in [4.78, 5) is 18.8. The monoisotopic (exact) mass is 255 g/mol. The minimum Gasteiger partial charge on any atom is -0.314 e. The molecule has 19 heavy (non-hydrogen) atoms. The average molecular weight is 255 g/mol. The van der Waals surface area contributed by atoms with Gasteiger partial charge in [0.2, 0.25) is 0 Å². The number of nitrogens with zero attached hydrogens (tertiary/aromatic N) is 2. The Morgan fingerprint density at radius 1 is 1.26 bits per heavy atom. The van der Waals surface area contributed by atoms with Gasteiger partial charge in [-0.05, 0) is 11.5 Å². The summed E-state index contributed by atoms with van der Waals surface area (Å²) in [6.07, 6.45) is 3.54. The number of fused-ring (bicyclic) bond motifs is 1. The maximum atomic E-state index is 12.4. The number of benzene rings is 1. The van der Waals surface area contributed by atoms with Crippen molar-refractivity contribution < 1.29 is 4.79 Å². The lowest BCUT2D eigenvalue weighted by atomic mass is 10.0. The Bertz CT molecular complexity index is 585. The molecule has 0 radical (unpaired) electrons. The molecule has 1 fully saturated rings. The van der Waals surface area contributed by atoms with Crippen molar-refractivity contribution in [1.82, 2.24) is 15.2 Å². The molecule has 1 aromatic carbocycles. The van der Waals surface area contributed by atoms with Crippen LogP contribution in [0.1, 0.15) is 10.4 Å². The third-order valence-electron chi connectivity index (χ3n) is 3.56. The third kappa shape index (κ3) is 2.64. The number of pyridine rings is 1. The van der Waals surface area contributed by atoms with E-state index in [9.17, 15) is 4.79 Å². The molecule has 4 nitrogen and oxygen atoms in total. The van der Waals surface area contributed by atoms with Gasteiger partial charge in [0, 0.05) is 49.5 Å². The smallest absolute Gasteiger partial charge is 0.177 e. The summed E-state index contributed by atoms with van der Waals surface area (Å²) in [5.74, 6) is 0.193. The van der Waals surface area contributed by atoms with Crippen molar-refractivity contribution in [3.05, 3.63) is 42.2 Å². The normalized spacial score (nSPS) is 16.6. The highest BCUT2D eigenvalue weighted by Crippen LogP contribution is 2.18. The molecule has 1 aliphatic heterocycles. The van der Waals surface area contributed by atoms with Crippen LogP contribution in [0.25, 0.3) is 10.8 Å². The van der Waals surface area contributed by atoms with Gasteiger partial charge in [-0.25, -0.2) is 0 Å². The predicted octanol–water partition coefficient (Wildman–Crippen LogP) is 1.32. The molecule has 1 N–H and O–H groups in total. The van der Waals surface area contributed by atoms with Crippen molar-refractivity contribution in [3.8, 4) is 0 Å². The van der Waals surface area contributed by atoms with E-state index >= 15 is 0 Å². The maximum Gasteiger partial charge on any atom is 0.177 e. The molecule has 3 rings (SSSR count). The van der Waals surface area contributed by atoms with Gasteiger partial charge in [-0.1, -0.05) is 18.2 Å². The van der Waals surface area contributed by atoms with Crippen LogP contribution in [0.2, 0.25) is 0 Å². The number of ketones is 1. The fourth-order valence-corrected chi connectivity index (χ4v) is 2.52. The van der Waals surface area contributed by atoms with Gasteiger partial charge in [0.05, 0.1) is 6.54 Å². The highest BCUT2D eigenvalue weighted by molar-refractivity contribution is 6.08. The second-order valence-corrected chi connectivity index (χ2v) is 4.85. The SMILES string of the molecule is O=C(CN1CCNCC1)c1cccc2cnccc12. The van der Waals surface area contributed by atoms with Crippen molar-refractivity contribution in [1.29, 1.82) is 0 Å². The number of aromatic nitrogens is 1. The zero-order valence-corrected chi connectivity index (χ0v) is 10.8. The van der Waals surface area contributed by atoms with Crippen LogP contribution in [-0.4, -0.2) is 48.4 Å². The van der Waals surface area contributed by atoms with Crippen LogP contribution < -0.4 is 5.32 Å². The fourth-order valence-electron chi connectivity index (χ4n) is 2.52. The number of rotatable bonds is 3. The predicted molar refractivity (Wildman–Crippen MR) is 75.4 cm³/mol. The summed E-state index contributed by atoms with van der Waals surface area (Å²) in [5.41, 5.74) is 0.804. The van der Waals surface area contributed by atoms with E-state index in [0.717, 1.165) is 42.5 Å². The Morgan fingerprint density at radius 3 is 2.95 bits per heavy atom. The first-order valence-electron chi connectivity index (χ1n) is 6.63. The maximum absolute atomic E-state index is 12.4.